The van der Waals surface area contributed by atoms with E-state index >= 15 is 0 Å². The maximum absolute atomic E-state index is 3.67. The van der Waals surface area contributed by atoms with E-state index in [2.05, 4.69) is 43.9 Å². The first-order valence-electron chi connectivity index (χ1n) is 6.24. The first-order valence-corrected chi connectivity index (χ1v) is 7.29. The van der Waals surface area contributed by atoms with Gasteiger partial charge in [-0.25, -0.2) is 0 Å². The molecule has 1 heterocycles. The van der Waals surface area contributed by atoms with E-state index in [9.17, 15) is 0 Å². The SMILES string of the molecule is CCCNC(C=C(C)C)C1CCCCS1. The van der Waals surface area contributed by atoms with Crippen LogP contribution in [-0.2, 0) is 0 Å². The minimum absolute atomic E-state index is 0.597. The van der Waals surface area contributed by atoms with Gasteiger partial charge in [-0.3, -0.25) is 0 Å². The standard InChI is InChI=1S/C13H25NS/c1-4-8-14-12(10-11(2)3)13-7-5-6-9-15-13/h10,12-14H,4-9H2,1-3H3. The molecule has 15 heavy (non-hydrogen) atoms. The van der Waals surface area contributed by atoms with E-state index in [-0.39, 0.29) is 0 Å². The Kier molecular flexibility index (Phi) is 6.42. The molecule has 88 valence electrons. The summed E-state index contributed by atoms with van der Waals surface area (Å²) in [6.45, 7) is 7.79. The normalized spacial score (nSPS) is 23.5. The predicted molar refractivity (Wildman–Crippen MR) is 71.6 cm³/mol. The molecule has 0 aromatic heterocycles. The van der Waals surface area contributed by atoms with Crippen LogP contribution >= 0.6 is 11.8 Å². The Bertz CT molecular complexity index is 191. The summed E-state index contributed by atoms with van der Waals surface area (Å²) in [6.07, 6.45) is 7.86. The zero-order valence-corrected chi connectivity index (χ0v) is 11.2. The fraction of sp³-hybridized carbons (Fsp3) is 0.846. The average molecular weight is 227 g/mol. The third-order valence-electron chi connectivity index (χ3n) is 2.76. The highest BCUT2D eigenvalue weighted by atomic mass is 32.2. The van der Waals surface area contributed by atoms with Crippen molar-refractivity contribution >= 4 is 11.8 Å². The van der Waals surface area contributed by atoms with Crippen molar-refractivity contribution < 1.29 is 0 Å². The van der Waals surface area contributed by atoms with E-state index in [1.807, 2.05) is 0 Å². The zero-order valence-electron chi connectivity index (χ0n) is 10.4. The van der Waals surface area contributed by atoms with E-state index in [0.717, 1.165) is 11.8 Å². The Hall–Kier alpha value is 0.0500. The van der Waals surface area contributed by atoms with Gasteiger partial charge in [0.05, 0.1) is 0 Å². The molecular weight excluding hydrogens is 202 g/mol. The van der Waals surface area contributed by atoms with Crippen LogP contribution in [0.25, 0.3) is 0 Å². The van der Waals surface area contributed by atoms with Crippen molar-refractivity contribution in [2.24, 2.45) is 0 Å². The van der Waals surface area contributed by atoms with Gasteiger partial charge in [0, 0.05) is 11.3 Å². The van der Waals surface area contributed by atoms with Gasteiger partial charge < -0.3 is 5.32 Å². The summed E-state index contributed by atoms with van der Waals surface area (Å²) in [4.78, 5) is 0. The lowest BCUT2D eigenvalue weighted by atomic mass is 10.0. The summed E-state index contributed by atoms with van der Waals surface area (Å²) in [5.41, 5.74) is 1.44. The Labute approximate surface area is 99.1 Å². The molecule has 0 amide bonds. The molecule has 0 radical (unpaired) electrons. The van der Waals surface area contributed by atoms with Gasteiger partial charge in [-0.1, -0.05) is 25.0 Å². The third kappa shape index (κ3) is 5.07. The molecule has 0 aromatic carbocycles. The highest BCUT2D eigenvalue weighted by Gasteiger charge is 2.21. The van der Waals surface area contributed by atoms with Crippen molar-refractivity contribution in [3.63, 3.8) is 0 Å². The molecule has 1 rings (SSSR count). The van der Waals surface area contributed by atoms with E-state index < -0.39 is 0 Å². The lowest BCUT2D eigenvalue weighted by Gasteiger charge is -2.29. The first-order chi connectivity index (χ1) is 7.24. The zero-order chi connectivity index (χ0) is 11.1. The van der Waals surface area contributed by atoms with Crippen LogP contribution in [0, 0.1) is 0 Å². The van der Waals surface area contributed by atoms with Gasteiger partial charge in [0.1, 0.15) is 0 Å². The Morgan fingerprint density at radius 3 is 2.80 bits per heavy atom. The van der Waals surface area contributed by atoms with Crippen molar-refractivity contribution in [3.8, 4) is 0 Å². The number of rotatable bonds is 5. The van der Waals surface area contributed by atoms with Crippen molar-refractivity contribution in [1.82, 2.24) is 5.32 Å². The summed E-state index contributed by atoms with van der Waals surface area (Å²) in [7, 11) is 0. The smallest absolute Gasteiger partial charge is 0.0372 e. The Morgan fingerprint density at radius 2 is 2.27 bits per heavy atom. The van der Waals surface area contributed by atoms with Crippen LogP contribution in [0.4, 0.5) is 0 Å². The van der Waals surface area contributed by atoms with E-state index in [4.69, 9.17) is 0 Å². The van der Waals surface area contributed by atoms with Crippen LogP contribution in [0.15, 0.2) is 11.6 Å². The van der Waals surface area contributed by atoms with Gasteiger partial charge in [-0.2, -0.15) is 11.8 Å². The molecule has 0 saturated carbocycles. The molecule has 0 bridgehead atoms. The van der Waals surface area contributed by atoms with Crippen molar-refractivity contribution in [2.45, 2.75) is 57.7 Å². The monoisotopic (exact) mass is 227 g/mol. The Morgan fingerprint density at radius 1 is 1.47 bits per heavy atom. The number of nitrogens with one attached hydrogen (secondary N) is 1. The average Bonchev–Trinajstić information content (AvgIpc) is 2.25. The minimum Gasteiger partial charge on any atom is -0.309 e. The molecule has 0 spiro atoms. The third-order valence-corrected chi connectivity index (χ3v) is 4.24. The van der Waals surface area contributed by atoms with Crippen LogP contribution in [0.2, 0.25) is 0 Å². The molecule has 2 unspecified atom stereocenters. The molecule has 1 N–H and O–H groups in total. The van der Waals surface area contributed by atoms with Crippen molar-refractivity contribution in [1.29, 1.82) is 0 Å². The van der Waals surface area contributed by atoms with Gasteiger partial charge >= 0.3 is 0 Å². The van der Waals surface area contributed by atoms with Gasteiger partial charge in [0.25, 0.3) is 0 Å². The molecule has 1 saturated heterocycles. The maximum Gasteiger partial charge on any atom is 0.0372 e. The van der Waals surface area contributed by atoms with E-state index in [0.29, 0.717) is 6.04 Å². The molecule has 0 aromatic rings. The molecular formula is C13H25NS. The highest BCUT2D eigenvalue weighted by molar-refractivity contribution is 8.00. The minimum atomic E-state index is 0.597. The molecule has 2 heteroatoms. The van der Waals surface area contributed by atoms with E-state index in [1.165, 1.54) is 37.0 Å². The lowest BCUT2D eigenvalue weighted by Crippen LogP contribution is -2.38. The number of thioether (sulfide) groups is 1. The summed E-state index contributed by atoms with van der Waals surface area (Å²) in [6, 6.07) is 0.597. The second-order valence-electron chi connectivity index (χ2n) is 4.63. The second-order valence-corrected chi connectivity index (χ2v) is 5.98. The molecule has 2 atom stereocenters. The molecule has 0 aliphatic carbocycles. The highest BCUT2D eigenvalue weighted by Crippen LogP contribution is 2.28. The van der Waals surface area contributed by atoms with Crippen molar-refractivity contribution in [2.75, 3.05) is 12.3 Å². The molecule has 1 nitrogen and oxygen atoms in total. The van der Waals surface area contributed by atoms with Crippen molar-refractivity contribution in [3.05, 3.63) is 11.6 Å². The predicted octanol–water partition coefficient (Wildman–Crippen LogP) is 3.61. The van der Waals surface area contributed by atoms with Crippen LogP contribution in [0.1, 0.15) is 46.5 Å². The second kappa shape index (κ2) is 7.34. The van der Waals surface area contributed by atoms with Crippen LogP contribution < -0.4 is 5.32 Å². The topological polar surface area (TPSA) is 12.0 Å². The van der Waals surface area contributed by atoms with Gasteiger partial charge in [-0.15, -0.1) is 0 Å². The quantitative estimate of drug-likeness (QED) is 0.720. The van der Waals surface area contributed by atoms with Crippen LogP contribution in [0.3, 0.4) is 0 Å². The summed E-state index contributed by atoms with van der Waals surface area (Å²) in [5, 5.41) is 4.48. The lowest BCUT2D eigenvalue weighted by molar-refractivity contribution is 0.523. The first kappa shape index (κ1) is 13.1. The number of hydrogen-bond donors (Lipinski definition) is 1. The fourth-order valence-electron chi connectivity index (χ4n) is 2.02. The molecule has 1 fully saturated rings. The van der Waals surface area contributed by atoms with Crippen LogP contribution in [-0.4, -0.2) is 23.6 Å². The molecule has 1 aliphatic heterocycles. The summed E-state index contributed by atoms with van der Waals surface area (Å²) in [5.74, 6) is 1.35. The maximum atomic E-state index is 3.67. The fourth-order valence-corrected chi connectivity index (χ4v) is 3.41. The number of allylic oxidation sites excluding steroid dienone is 1. The molecule has 1 aliphatic rings. The van der Waals surface area contributed by atoms with E-state index in [1.54, 1.807) is 0 Å². The van der Waals surface area contributed by atoms with Crippen LogP contribution in [0.5, 0.6) is 0 Å². The summed E-state index contributed by atoms with van der Waals surface area (Å²) >= 11 is 2.16. The van der Waals surface area contributed by atoms with Gasteiger partial charge in [0.15, 0.2) is 0 Å². The largest absolute Gasteiger partial charge is 0.309 e. The number of hydrogen-bond acceptors (Lipinski definition) is 2. The summed E-state index contributed by atoms with van der Waals surface area (Å²) < 4.78 is 0. The Balaban J connectivity index is 2.49. The van der Waals surface area contributed by atoms with Gasteiger partial charge in [0.2, 0.25) is 0 Å². The van der Waals surface area contributed by atoms with Gasteiger partial charge in [-0.05, 0) is 45.4 Å².